The van der Waals surface area contributed by atoms with E-state index in [0.717, 1.165) is 24.8 Å². The molecule has 1 aromatic rings. The van der Waals surface area contributed by atoms with Crippen LogP contribution in [0, 0.1) is 10.1 Å². The maximum absolute atomic E-state index is 11.7. The Morgan fingerprint density at radius 2 is 2.19 bits per heavy atom. The van der Waals surface area contributed by atoms with E-state index in [-0.39, 0.29) is 23.5 Å². The number of non-ortho nitro benzene ring substituents is 1. The molecule has 1 aromatic carbocycles. The van der Waals surface area contributed by atoms with Crippen molar-refractivity contribution < 1.29 is 19.2 Å². The van der Waals surface area contributed by atoms with Gasteiger partial charge in [-0.2, -0.15) is 0 Å². The number of carbonyl (C=O) groups excluding carboxylic acids is 1. The molecule has 6 nitrogen and oxygen atoms in total. The largest absolute Gasteiger partial charge is 0.465 e. The first-order valence-electron chi connectivity index (χ1n) is 6.81. The third-order valence-electron chi connectivity index (χ3n) is 3.90. The number of methoxy groups -OCH3 is 1. The molecule has 0 aromatic heterocycles. The Morgan fingerprint density at radius 1 is 1.38 bits per heavy atom. The van der Waals surface area contributed by atoms with Gasteiger partial charge in [-0.15, -0.1) is 0 Å². The molecule has 21 heavy (non-hydrogen) atoms. The second-order valence-corrected chi connectivity index (χ2v) is 5.29. The van der Waals surface area contributed by atoms with Gasteiger partial charge in [0.25, 0.3) is 5.69 Å². The Bertz CT molecular complexity index is 637. The molecule has 0 aliphatic carbocycles. The second-order valence-electron chi connectivity index (χ2n) is 5.29. The highest BCUT2D eigenvalue weighted by Gasteiger charge is 2.30. The summed E-state index contributed by atoms with van der Waals surface area (Å²) >= 11 is 0. The van der Waals surface area contributed by atoms with Crippen LogP contribution in [0.15, 0.2) is 24.3 Å². The summed E-state index contributed by atoms with van der Waals surface area (Å²) in [4.78, 5) is 22.2. The minimum Gasteiger partial charge on any atom is -0.465 e. The van der Waals surface area contributed by atoms with Crippen LogP contribution in [0.2, 0.25) is 0 Å². The van der Waals surface area contributed by atoms with Crippen LogP contribution < -0.4 is 0 Å². The van der Waals surface area contributed by atoms with Crippen molar-refractivity contribution in [2.75, 3.05) is 7.11 Å². The Labute approximate surface area is 121 Å². The summed E-state index contributed by atoms with van der Waals surface area (Å²) in [5.41, 5.74) is 1.79. The molecule has 0 saturated carbocycles. The third-order valence-corrected chi connectivity index (χ3v) is 3.90. The van der Waals surface area contributed by atoms with Crippen LogP contribution in [-0.2, 0) is 9.47 Å². The Hall–Kier alpha value is -2.21. The van der Waals surface area contributed by atoms with E-state index in [4.69, 9.17) is 4.74 Å². The molecule has 110 valence electrons. The number of benzene rings is 1. The Balaban J connectivity index is 2.03. The first kappa shape index (κ1) is 13.8. The van der Waals surface area contributed by atoms with Crippen molar-refractivity contribution in [2.45, 2.75) is 31.5 Å². The number of nitro benzene ring substituents is 1. The topological polar surface area (TPSA) is 78.7 Å². The molecule has 2 bridgehead atoms. The highest BCUT2D eigenvalue weighted by atomic mass is 16.6. The zero-order valence-corrected chi connectivity index (χ0v) is 11.6. The summed E-state index contributed by atoms with van der Waals surface area (Å²) in [6.07, 6.45) is 4.97. The highest BCUT2D eigenvalue weighted by Crippen LogP contribution is 2.37. The van der Waals surface area contributed by atoms with Gasteiger partial charge in [0.2, 0.25) is 0 Å². The minimum absolute atomic E-state index is 0.0830. The molecule has 0 N–H and O–H groups in total. The third kappa shape index (κ3) is 2.67. The van der Waals surface area contributed by atoms with Crippen LogP contribution in [0.25, 0.3) is 5.57 Å². The first-order valence-corrected chi connectivity index (χ1v) is 6.81. The summed E-state index contributed by atoms with van der Waals surface area (Å²) < 4.78 is 10.4. The predicted octanol–water partition coefficient (Wildman–Crippen LogP) is 2.72. The zero-order valence-electron chi connectivity index (χ0n) is 11.6. The maximum Gasteiger partial charge on any atom is 0.338 e. The number of fused-ring (bicyclic) bond motifs is 2. The summed E-state index contributed by atoms with van der Waals surface area (Å²) in [6, 6.07) is 4.39. The minimum atomic E-state index is -0.574. The molecule has 2 atom stereocenters. The standard InChI is InChI=1S/C15H15NO5/c1-20-15(17)11-4-9(5-12(6-11)16(18)19)10-7-13-2-3-14(8-10)21-13/h4-7,13-14H,2-3,8H2,1H3. The molecule has 2 heterocycles. The molecule has 3 rings (SSSR count). The van der Waals surface area contributed by atoms with E-state index < -0.39 is 10.9 Å². The van der Waals surface area contributed by atoms with E-state index in [9.17, 15) is 14.9 Å². The molecular formula is C15H15NO5. The maximum atomic E-state index is 11.7. The van der Waals surface area contributed by atoms with Gasteiger partial charge in [-0.1, -0.05) is 6.08 Å². The number of carbonyl (C=O) groups is 1. The lowest BCUT2D eigenvalue weighted by Gasteiger charge is -2.21. The van der Waals surface area contributed by atoms with Gasteiger partial charge in [-0.25, -0.2) is 4.79 Å². The molecule has 0 amide bonds. The van der Waals surface area contributed by atoms with Crippen molar-refractivity contribution in [3.63, 3.8) is 0 Å². The van der Waals surface area contributed by atoms with Crippen LogP contribution in [0.5, 0.6) is 0 Å². The summed E-state index contributed by atoms with van der Waals surface area (Å²) in [5, 5.41) is 11.0. The summed E-state index contributed by atoms with van der Waals surface area (Å²) in [6.45, 7) is 0. The van der Waals surface area contributed by atoms with E-state index in [1.54, 1.807) is 6.07 Å². The molecule has 0 radical (unpaired) electrons. The number of ether oxygens (including phenoxy) is 2. The van der Waals surface area contributed by atoms with Crippen LogP contribution in [0.4, 0.5) is 5.69 Å². The summed E-state index contributed by atoms with van der Waals surface area (Å²) in [5.74, 6) is -0.574. The van der Waals surface area contributed by atoms with Crippen LogP contribution in [0.1, 0.15) is 35.2 Å². The molecule has 0 spiro atoms. The number of esters is 1. The number of hydrogen-bond donors (Lipinski definition) is 0. The lowest BCUT2D eigenvalue weighted by Crippen LogP contribution is -2.16. The van der Waals surface area contributed by atoms with Gasteiger partial charge in [0.15, 0.2) is 0 Å². The van der Waals surface area contributed by atoms with Crippen molar-refractivity contribution in [1.29, 1.82) is 0 Å². The number of nitro groups is 1. The SMILES string of the molecule is COC(=O)c1cc(C2=CC3CCC(C2)O3)cc([N+](=O)[O-])c1. The van der Waals surface area contributed by atoms with Gasteiger partial charge in [-0.3, -0.25) is 10.1 Å². The molecule has 6 heteroatoms. The van der Waals surface area contributed by atoms with E-state index in [1.807, 2.05) is 6.08 Å². The Morgan fingerprint density at radius 3 is 2.86 bits per heavy atom. The van der Waals surface area contributed by atoms with Gasteiger partial charge in [-0.05, 0) is 36.5 Å². The fourth-order valence-corrected chi connectivity index (χ4v) is 2.90. The monoisotopic (exact) mass is 289 g/mol. The summed E-state index contributed by atoms with van der Waals surface area (Å²) in [7, 11) is 1.26. The van der Waals surface area contributed by atoms with E-state index in [1.165, 1.54) is 19.2 Å². The van der Waals surface area contributed by atoms with Crippen LogP contribution >= 0.6 is 0 Å². The quantitative estimate of drug-likeness (QED) is 0.485. The predicted molar refractivity (Wildman–Crippen MR) is 74.9 cm³/mol. The molecule has 2 unspecified atom stereocenters. The molecule has 2 aliphatic rings. The van der Waals surface area contributed by atoms with Gasteiger partial charge in [0, 0.05) is 12.1 Å². The molecular weight excluding hydrogens is 274 g/mol. The van der Waals surface area contributed by atoms with E-state index >= 15 is 0 Å². The van der Waals surface area contributed by atoms with Gasteiger partial charge in [0.1, 0.15) is 0 Å². The van der Waals surface area contributed by atoms with Crippen molar-refractivity contribution in [3.8, 4) is 0 Å². The number of nitrogens with zero attached hydrogens (tertiary/aromatic N) is 1. The molecule has 1 fully saturated rings. The molecule has 1 saturated heterocycles. The van der Waals surface area contributed by atoms with Crippen LogP contribution in [-0.4, -0.2) is 30.2 Å². The van der Waals surface area contributed by atoms with Crippen molar-refractivity contribution in [3.05, 3.63) is 45.5 Å². The normalized spacial score (nSPS) is 23.6. The van der Waals surface area contributed by atoms with Crippen molar-refractivity contribution in [1.82, 2.24) is 0 Å². The van der Waals surface area contributed by atoms with Gasteiger partial charge in [0.05, 0.1) is 29.8 Å². The lowest BCUT2D eigenvalue weighted by molar-refractivity contribution is -0.384. The Kier molecular flexibility index (Phi) is 3.47. The number of rotatable bonds is 3. The number of hydrogen-bond acceptors (Lipinski definition) is 5. The average Bonchev–Trinajstić information content (AvgIpc) is 2.84. The first-order chi connectivity index (χ1) is 10.1. The second kappa shape index (κ2) is 5.29. The van der Waals surface area contributed by atoms with Crippen LogP contribution in [0.3, 0.4) is 0 Å². The van der Waals surface area contributed by atoms with Gasteiger partial charge >= 0.3 is 5.97 Å². The average molecular weight is 289 g/mol. The fourth-order valence-electron chi connectivity index (χ4n) is 2.90. The van der Waals surface area contributed by atoms with E-state index in [0.29, 0.717) is 5.56 Å². The lowest BCUT2D eigenvalue weighted by atomic mass is 9.96. The smallest absolute Gasteiger partial charge is 0.338 e. The molecule has 2 aliphatic heterocycles. The van der Waals surface area contributed by atoms with Crippen molar-refractivity contribution >= 4 is 17.2 Å². The highest BCUT2D eigenvalue weighted by molar-refractivity contribution is 5.91. The fraction of sp³-hybridized carbons (Fsp3) is 0.400. The zero-order chi connectivity index (χ0) is 15.0. The van der Waals surface area contributed by atoms with Gasteiger partial charge < -0.3 is 9.47 Å². The van der Waals surface area contributed by atoms with E-state index in [2.05, 4.69) is 4.74 Å². The van der Waals surface area contributed by atoms with Crippen molar-refractivity contribution in [2.24, 2.45) is 0 Å².